The van der Waals surface area contributed by atoms with Gasteiger partial charge in [0.2, 0.25) is 0 Å². The van der Waals surface area contributed by atoms with E-state index in [0.29, 0.717) is 17.3 Å². The van der Waals surface area contributed by atoms with Crippen molar-refractivity contribution in [2.75, 3.05) is 10.6 Å². The maximum atomic E-state index is 14.8. The summed E-state index contributed by atoms with van der Waals surface area (Å²) in [4.78, 5) is 23.1. The first kappa shape index (κ1) is 23.7. The normalized spacial score (nSPS) is 14.2. The van der Waals surface area contributed by atoms with Crippen molar-refractivity contribution in [1.82, 2.24) is 14.9 Å². The van der Waals surface area contributed by atoms with Crippen LogP contribution in [0.3, 0.4) is 0 Å². The third-order valence-corrected chi connectivity index (χ3v) is 6.79. The molecule has 10 heteroatoms. The van der Waals surface area contributed by atoms with Crippen LogP contribution >= 0.6 is 11.3 Å². The van der Waals surface area contributed by atoms with Crippen molar-refractivity contribution in [2.45, 2.75) is 58.0 Å². The van der Waals surface area contributed by atoms with Crippen molar-refractivity contribution in [3.05, 3.63) is 47.4 Å². The third kappa shape index (κ3) is 5.22. The summed E-state index contributed by atoms with van der Waals surface area (Å²) in [6.45, 7) is 3.72. The quantitative estimate of drug-likeness (QED) is 0.264. The Balaban J connectivity index is 1.52. The van der Waals surface area contributed by atoms with Gasteiger partial charge in [-0.15, -0.1) is 0 Å². The molecule has 0 spiro atoms. The van der Waals surface area contributed by atoms with Crippen molar-refractivity contribution in [1.29, 1.82) is 10.8 Å². The number of nitrogens with one attached hydrogen (secondary N) is 4. The van der Waals surface area contributed by atoms with E-state index in [9.17, 15) is 9.18 Å². The lowest BCUT2D eigenvalue weighted by Gasteiger charge is -2.23. The van der Waals surface area contributed by atoms with E-state index in [1.807, 2.05) is 13.8 Å². The fraction of sp³-hybridized carbons (Fsp3) is 0.375. The minimum atomic E-state index is -0.654. The second-order valence-electron chi connectivity index (χ2n) is 8.64. The number of thiazole rings is 1. The van der Waals surface area contributed by atoms with Gasteiger partial charge in [-0.25, -0.2) is 14.4 Å². The molecule has 0 radical (unpaired) electrons. The van der Waals surface area contributed by atoms with Crippen LogP contribution in [-0.4, -0.2) is 45.0 Å². The van der Waals surface area contributed by atoms with Crippen LogP contribution < -0.4 is 10.6 Å². The second kappa shape index (κ2) is 10.3. The smallest absolute Gasteiger partial charge is 0.259 e. The fourth-order valence-corrected chi connectivity index (χ4v) is 4.99. The zero-order valence-corrected chi connectivity index (χ0v) is 20.0. The monoisotopic (exact) mass is 481 g/mol. The van der Waals surface area contributed by atoms with E-state index in [-0.39, 0.29) is 23.3 Å². The van der Waals surface area contributed by atoms with Gasteiger partial charge in [0.05, 0.1) is 22.1 Å². The summed E-state index contributed by atoms with van der Waals surface area (Å²) in [6.07, 6.45) is 6.95. The predicted molar refractivity (Wildman–Crippen MR) is 135 cm³/mol. The van der Waals surface area contributed by atoms with E-state index in [0.717, 1.165) is 29.0 Å². The Bertz CT molecular complexity index is 1220. The molecule has 2 heterocycles. The molecule has 0 aliphatic heterocycles. The molecule has 0 saturated heterocycles. The lowest BCUT2D eigenvalue weighted by Crippen LogP contribution is -2.36. The molecule has 178 valence electrons. The first-order chi connectivity index (χ1) is 16.4. The topological polar surface area (TPSA) is 118 Å². The predicted octanol–water partition coefficient (Wildman–Crippen LogP) is 5.47. The number of benzene rings is 1. The van der Waals surface area contributed by atoms with E-state index in [1.54, 1.807) is 18.2 Å². The fourth-order valence-electron chi connectivity index (χ4n) is 4.03. The van der Waals surface area contributed by atoms with Gasteiger partial charge in [0.25, 0.3) is 5.91 Å². The van der Waals surface area contributed by atoms with Crippen LogP contribution in [0.15, 0.2) is 30.3 Å². The highest BCUT2D eigenvalue weighted by atomic mass is 32.1. The summed E-state index contributed by atoms with van der Waals surface area (Å²) >= 11 is 1.41. The molecule has 4 rings (SSSR count). The minimum absolute atomic E-state index is 0.0383. The number of aromatic nitrogens is 2. The highest BCUT2D eigenvalue weighted by molar-refractivity contribution is 7.22. The molecule has 2 aromatic heterocycles. The lowest BCUT2D eigenvalue weighted by molar-refractivity contribution is 0.102. The number of anilines is 2. The highest BCUT2D eigenvalue weighted by Crippen LogP contribution is 2.31. The second-order valence-corrected chi connectivity index (χ2v) is 9.67. The van der Waals surface area contributed by atoms with Gasteiger partial charge >= 0.3 is 0 Å². The van der Waals surface area contributed by atoms with Crippen LogP contribution in [0.25, 0.3) is 10.2 Å². The zero-order valence-electron chi connectivity index (χ0n) is 19.2. The Morgan fingerprint density at radius 3 is 2.71 bits per heavy atom. The molecule has 0 bridgehead atoms. The summed E-state index contributed by atoms with van der Waals surface area (Å²) in [6, 6.07) is 7.96. The van der Waals surface area contributed by atoms with Gasteiger partial charge in [-0.05, 0) is 44.9 Å². The number of hydrogen-bond acceptors (Lipinski definition) is 7. The molecule has 1 fully saturated rings. The van der Waals surface area contributed by atoms with E-state index in [2.05, 4.69) is 20.6 Å². The average molecular weight is 482 g/mol. The van der Waals surface area contributed by atoms with Gasteiger partial charge in [0.1, 0.15) is 17.3 Å². The minimum Gasteiger partial charge on any atom is -0.359 e. The molecule has 4 N–H and O–H groups in total. The standard InChI is InChI=1S/C24H28FN7OS/c1-14(2)32(13-26)22(27)18-9-6-10-21(29-18)31-23(33)16-11-20-19(12-17(16)25)30-24(34-20)28-15-7-4-3-5-8-15/h6,9-15,26-27H,3-5,7-8H2,1-2H3,(H,28,30)(H,29,31,33). The number of carbonyl (C=O) groups is 1. The van der Waals surface area contributed by atoms with Crippen molar-refractivity contribution < 1.29 is 9.18 Å². The maximum Gasteiger partial charge on any atom is 0.259 e. The summed E-state index contributed by atoms with van der Waals surface area (Å²) < 4.78 is 15.5. The first-order valence-corrected chi connectivity index (χ1v) is 12.2. The molecule has 1 aromatic carbocycles. The van der Waals surface area contributed by atoms with Crippen molar-refractivity contribution >= 4 is 50.6 Å². The largest absolute Gasteiger partial charge is 0.359 e. The highest BCUT2D eigenvalue weighted by Gasteiger charge is 2.19. The van der Waals surface area contributed by atoms with Gasteiger partial charge < -0.3 is 15.5 Å². The number of pyridine rings is 1. The van der Waals surface area contributed by atoms with Crippen LogP contribution in [-0.2, 0) is 0 Å². The van der Waals surface area contributed by atoms with E-state index < -0.39 is 11.7 Å². The summed E-state index contributed by atoms with van der Waals surface area (Å²) in [5, 5.41) is 22.7. The number of rotatable bonds is 7. The Labute approximate surface area is 201 Å². The molecule has 3 aromatic rings. The Hall–Kier alpha value is -3.40. The van der Waals surface area contributed by atoms with Crippen LogP contribution in [0.1, 0.15) is 62.0 Å². The van der Waals surface area contributed by atoms with Crippen molar-refractivity contribution in [3.63, 3.8) is 0 Å². The molecule has 0 atom stereocenters. The van der Waals surface area contributed by atoms with E-state index in [4.69, 9.17) is 10.8 Å². The molecule has 8 nitrogen and oxygen atoms in total. The Morgan fingerprint density at radius 2 is 2.00 bits per heavy atom. The summed E-state index contributed by atoms with van der Waals surface area (Å²) in [5.41, 5.74) is 0.726. The van der Waals surface area contributed by atoms with E-state index in [1.165, 1.54) is 47.6 Å². The van der Waals surface area contributed by atoms with Crippen LogP contribution in [0.2, 0.25) is 0 Å². The van der Waals surface area contributed by atoms with Gasteiger partial charge in [-0.3, -0.25) is 15.6 Å². The van der Waals surface area contributed by atoms with Gasteiger partial charge in [0, 0.05) is 18.2 Å². The molecular formula is C24H28FN7OS. The zero-order chi connectivity index (χ0) is 24.2. The van der Waals surface area contributed by atoms with E-state index >= 15 is 0 Å². The number of hydrogen-bond donors (Lipinski definition) is 4. The average Bonchev–Trinajstić information content (AvgIpc) is 3.20. The molecule has 1 amide bonds. The number of nitrogens with zero attached hydrogens (tertiary/aromatic N) is 3. The molecule has 34 heavy (non-hydrogen) atoms. The van der Waals surface area contributed by atoms with Gasteiger partial charge in [0.15, 0.2) is 11.0 Å². The maximum absolute atomic E-state index is 14.8. The number of carbonyl (C=O) groups excluding carboxylic acids is 1. The first-order valence-electron chi connectivity index (χ1n) is 11.4. The van der Waals surface area contributed by atoms with Crippen molar-refractivity contribution in [3.8, 4) is 0 Å². The molecule has 1 saturated carbocycles. The van der Waals surface area contributed by atoms with Gasteiger partial charge in [-0.2, -0.15) is 0 Å². The SMILES string of the molecule is CC(C)N(C=N)C(=N)c1cccc(NC(=O)c2cc3sc(NC4CCCCC4)nc3cc2F)n1. The Morgan fingerprint density at radius 1 is 1.24 bits per heavy atom. The van der Waals surface area contributed by atoms with Crippen LogP contribution in [0.4, 0.5) is 15.3 Å². The number of fused-ring (bicyclic) bond motifs is 1. The molecule has 0 unspecified atom stereocenters. The number of amides is 1. The number of amidine groups is 1. The third-order valence-electron chi connectivity index (χ3n) is 5.84. The molecular weight excluding hydrogens is 453 g/mol. The molecule has 1 aliphatic rings. The summed E-state index contributed by atoms with van der Waals surface area (Å²) in [7, 11) is 0. The van der Waals surface area contributed by atoms with Gasteiger partial charge in [-0.1, -0.05) is 36.7 Å². The Kier molecular flexibility index (Phi) is 7.16. The van der Waals surface area contributed by atoms with Crippen molar-refractivity contribution in [2.24, 2.45) is 0 Å². The lowest BCUT2D eigenvalue weighted by atomic mass is 9.96. The van der Waals surface area contributed by atoms with Crippen LogP contribution in [0, 0.1) is 16.6 Å². The van der Waals surface area contributed by atoms with Crippen LogP contribution in [0.5, 0.6) is 0 Å². The summed E-state index contributed by atoms with van der Waals surface area (Å²) in [5.74, 6) is -1.04. The number of halogens is 1. The molecule has 1 aliphatic carbocycles.